The molecule has 0 aromatic carbocycles. The van der Waals surface area contributed by atoms with Gasteiger partial charge >= 0.3 is 0 Å². The molecule has 1 rings (SSSR count). The zero-order valence-corrected chi connectivity index (χ0v) is 8.96. The van der Waals surface area contributed by atoms with E-state index in [0.29, 0.717) is 6.61 Å². The summed E-state index contributed by atoms with van der Waals surface area (Å²) in [5.41, 5.74) is 0.136. The van der Waals surface area contributed by atoms with Crippen LogP contribution in [0.2, 0.25) is 0 Å². The highest BCUT2D eigenvalue weighted by atomic mass is 16.5. The van der Waals surface area contributed by atoms with Gasteiger partial charge in [-0.2, -0.15) is 0 Å². The van der Waals surface area contributed by atoms with Crippen molar-refractivity contribution in [2.24, 2.45) is 0 Å². The predicted octanol–water partition coefficient (Wildman–Crippen LogP) is 1.07. The monoisotopic (exact) mass is 185 g/mol. The van der Waals surface area contributed by atoms with Crippen LogP contribution in [0.15, 0.2) is 0 Å². The zero-order valence-electron chi connectivity index (χ0n) is 8.96. The highest BCUT2D eigenvalue weighted by molar-refractivity contribution is 5.80. The second-order valence-corrected chi connectivity index (χ2v) is 4.59. The average molecular weight is 185 g/mol. The van der Waals surface area contributed by atoms with E-state index in [2.05, 4.69) is 25.7 Å². The van der Waals surface area contributed by atoms with Crippen molar-refractivity contribution in [2.45, 2.75) is 39.3 Å². The molecule has 0 N–H and O–H groups in total. The summed E-state index contributed by atoms with van der Waals surface area (Å²) in [6, 6.07) is 0. The number of hydrogen-bond acceptors (Lipinski definition) is 3. The lowest BCUT2D eigenvalue weighted by Gasteiger charge is -2.40. The maximum absolute atomic E-state index is 11.1. The molecule has 0 aromatic rings. The minimum Gasteiger partial charge on any atom is -0.368 e. The fraction of sp³-hybridized carbons (Fsp3) is 0.900. The summed E-state index contributed by atoms with van der Waals surface area (Å²) in [4.78, 5) is 13.4. The van der Waals surface area contributed by atoms with Crippen molar-refractivity contribution in [3.8, 4) is 0 Å². The molecule has 1 fully saturated rings. The molecule has 13 heavy (non-hydrogen) atoms. The van der Waals surface area contributed by atoms with Crippen molar-refractivity contribution in [3.63, 3.8) is 0 Å². The predicted molar refractivity (Wildman–Crippen MR) is 51.7 cm³/mol. The van der Waals surface area contributed by atoms with Crippen molar-refractivity contribution in [2.75, 3.05) is 19.7 Å². The van der Waals surface area contributed by atoms with Gasteiger partial charge in [0.2, 0.25) is 0 Å². The molecule has 0 saturated carbocycles. The van der Waals surface area contributed by atoms with Crippen molar-refractivity contribution in [3.05, 3.63) is 0 Å². The summed E-state index contributed by atoms with van der Waals surface area (Å²) in [7, 11) is 0. The summed E-state index contributed by atoms with van der Waals surface area (Å²) in [5.74, 6) is 0.133. The minimum absolute atomic E-state index is 0.133. The van der Waals surface area contributed by atoms with Crippen LogP contribution in [0.5, 0.6) is 0 Å². The molecule has 0 aromatic heterocycles. The lowest BCUT2D eigenvalue weighted by atomic mass is 10.0. The second kappa shape index (κ2) is 3.76. The first kappa shape index (κ1) is 10.7. The Bertz CT molecular complexity index is 196. The van der Waals surface area contributed by atoms with Gasteiger partial charge in [0.05, 0.1) is 6.61 Å². The van der Waals surface area contributed by atoms with E-state index in [1.807, 2.05) is 0 Å². The summed E-state index contributed by atoms with van der Waals surface area (Å²) in [6.45, 7) is 10.4. The summed E-state index contributed by atoms with van der Waals surface area (Å²) in [5, 5.41) is 0. The molecule has 3 heteroatoms. The molecule has 1 heterocycles. The zero-order chi connectivity index (χ0) is 10.1. The molecule has 1 saturated heterocycles. The molecule has 0 bridgehead atoms. The number of nitrogens with zero attached hydrogens (tertiary/aromatic N) is 1. The number of hydrogen-bond donors (Lipinski definition) is 0. The maximum Gasteiger partial charge on any atom is 0.159 e. The van der Waals surface area contributed by atoms with Crippen molar-refractivity contribution >= 4 is 5.78 Å². The van der Waals surface area contributed by atoms with Gasteiger partial charge in [-0.3, -0.25) is 9.69 Å². The van der Waals surface area contributed by atoms with Gasteiger partial charge in [-0.25, -0.2) is 0 Å². The van der Waals surface area contributed by atoms with Gasteiger partial charge in [0.25, 0.3) is 0 Å². The van der Waals surface area contributed by atoms with E-state index >= 15 is 0 Å². The second-order valence-electron chi connectivity index (χ2n) is 4.59. The Morgan fingerprint density at radius 2 is 2.08 bits per heavy atom. The molecule has 0 spiro atoms. The Hall–Kier alpha value is -0.410. The molecule has 0 radical (unpaired) electrons. The Morgan fingerprint density at radius 3 is 2.54 bits per heavy atom. The normalized spacial score (nSPS) is 26.0. The van der Waals surface area contributed by atoms with Gasteiger partial charge in [0, 0.05) is 18.6 Å². The Labute approximate surface area is 80.1 Å². The number of morpholine rings is 1. The molecule has 1 aliphatic rings. The van der Waals surface area contributed by atoms with Gasteiger partial charge in [-0.05, 0) is 27.7 Å². The number of carbonyl (C=O) groups excluding carboxylic acids is 1. The molecular weight excluding hydrogens is 166 g/mol. The van der Waals surface area contributed by atoms with Gasteiger partial charge in [-0.1, -0.05) is 0 Å². The van der Waals surface area contributed by atoms with Crippen LogP contribution >= 0.6 is 0 Å². The van der Waals surface area contributed by atoms with Crippen LogP contribution < -0.4 is 0 Å². The Balaban J connectivity index is 2.57. The first-order valence-corrected chi connectivity index (χ1v) is 4.78. The van der Waals surface area contributed by atoms with E-state index < -0.39 is 0 Å². The molecule has 1 atom stereocenters. The van der Waals surface area contributed by atoms with Crippen LogP contribution in [0, 0.1) is 0 Å². The Morgan fingerprint density at radius 1 is 1.46 bits per heavy atom. The van der Waals surface area contributed by atoms with Crippen LogP contribution in [0.3, 0.4) is 0 Å². The average Bonchev–Trinajstić information content (AvgIpc) is 2.03. The van der Waals surface area contributed by atoms with E-state index in [4.69, 9.17) is 4.74 Å². The van der Waals surface area contributed by atoms with E-state index in [9.17, 15) is 4.79 Å². The smallest absolute Gasteiger partial charge is 0.159 e. The van der Waals surface area contributed by atoms with E-state index in [1.165, 1.54) is 0 Å². The quantitative estimate of drug-likeness (QED) is 0.612. The van der Waals surface area contributed by atoms with Crippen LogP contribution in [0.25, 0.3) is 0 Å². The maximum atomic E-state index is 11.1. The number of ketones is 1. The number of carbonyl (C=O) groups is 1. The largest absolute Gasteiger partial charge is 0.368 e. The Kier molecular flexibility index (Phi) is 3.09. The fourth-order valence-electron chi connectivity index (χ4n) is 1.50. The lowest BCUT2D eigenvalue weighted by Crippen LogP contribution is -2.53. The van der Waals surface area contributed by atoms with Crippen molar-refractivity contribution in [1.82, 2.24) is 4.90 Å². The highest BCUT2D eigenvalue weighted by Crippen LogP contribution is 2.17. The van der Waals surface area contributed by atoms with Gasteiger partial charge in [0.15, 0.2) is 5.78 Å². The van der Waals surface area contributed by atoms with E-state index in [1.54, 1.807) is 6.92 Å². The third-order valence-corrected chi connectivity index (χ3v) is 2.47. The molecule has 76 valence electrons. The molecule has 0 amide bonds. The third-order valence-electron chi connectivity index (χ3n) is 2.47. The first-order chi connectivity index (χ1) is 5.91. The number of ether oxygens (including phenoxy) is 1. The molecule has 0 aliphatic carbocycles. The highest BCUT2D eigenvalue weighted by Gasteiger charge is 2.30. The number of Topliss-reactive ketones (excluding diaryl/α,β-unsaturated/α-hetero) is 1. The lowest BCUT2D eigenvalue weighted by molar-refractivity contribution is -0.136. The van der Waals surface area contributed by atoms with E-state index in [0.717, 1.165) is 13.1 Å². The molecule has 1 unspecified atom stereocenters. The molecule has 1 aliphatic heterocycles. The van der Waals surface area contributed by atoms with E-state index in [-0.39, 0.29) is 17.4 Å². The summed E-state index contributed by atoms with van der Waals surface area (Å²) < 4.78 is 5.37. The molecule has 3 nitrogen and oxygen atoms in total. The van der Waals surface area contributed by atoms with Gasteiger partial charge < -0.3 is 4.74 Å². The summed E-state index contributed by atoms with van der Waals surface area (Å²) >= 11 is 0. The minimum atomic E-state index is -0.215. The topological polar surface area (TPSA) is 29.5 Å². The summed E-state index contributed by atoms with van der Waals surface area (Å²) in [6.07, 6.45) is -0.215. The standard InChI is InChI=1S/C10H19NO2/c1-8(12)9-7-11(5-6-13-9)10(2,3)4/h9H,5-7H2,1-4H3. The number of rotatable bonds is 1. The van der Waals surface area contributed by atoms with Gasteiger partial charge in [0.1, 0.15) is 6.10 Å². The van der Waals surface area contributed by atoms with Crippen molar-refractivity contribution in [1.29, 1.82) is 0 Å². The molecular formula is C10H19NO2. The SMILES string of the molecule is CC(=O)C1CN(C(C)(C)C)CCO1. The van der Waals surface area contributed by atoms with Crippen LogP contribution in [-0.2, 0) is 9.53 Å². The van der Waals surface area contributed by atoms with Crippen LogP contribution in [-0.4, -0.2) is 42.0 Å². The fourth-order valence-corrected chi connectivity index (χ4v) is 1.50. The van der Waals surface area contributed by atoms with Gasteiger partial charge in [-0.15, -0.1) is 0 Å². The van der Waals surface area contributed by atoms with Crippen LogP contribution in [0.1, 0.15) is 27.7 Å². The first-order valence-electron chi connectivity index (χ1n) is 4.78. The third kappa shape index (κ3) is 2.78. The van der Waals surface area contributed by atoms with Crippen molar-refractivity contribution < 1.29 is 9.53 Å². The van der Waals surface area contributed by atoms with Crippen LogP contribution in [0.4, 0.5) is 0 Å².